The van der Waals surface area contributed by atoms with Crippen LogP contribution in [0.4, 0.5) is 5.69 Å². The first kappa shape index (κ1) is 11.6. The smallest absolute Gasteiger partial charge is 0.307 e. The fourth-order valence-corrected chi connectivity index (χ4v) is 2.24. The van der Waals surface area contributed by atoms with Crippen molar-refractivity contribution in [2.75, 3.05) is 5.32 Å². The summed E-state index contributed by atoms with van der Waals surface area (Å²) in [7, 11) is 0. The van der Waals surface area contributed by atoms with Gasteiger partial charge in [-0.3, -0.25) is 9.59 Å². The molecule has 0 bridgehead atoms. The quantitative estimate of drug-likeness (QED) is 0.821. The van der Waals surface area contributed by atoms with Crippen LogP contribution in [-0.2, 0) is 9.59 Å². The van der Waals surface area contributed by atoms with E-state index in [0.29, 0.717) is 0 Å². The molecular formula is C13H15NO3. The van der Waals surface area contributed by atoms with Gasteiger partial charge in [-0.25, -0.2) is 0 Å². The number of carbonyl (C=O) groups excluding carboxylic acids is 1. The first-order chi connectivity index (χ1) is 7.93. The molecule has 1 aromatic carbocycles. The van der Waals surface area contributed by atoms with Crippen molar-refractivity contribution in [3.8, 4) is 0 Å². The fraction of sp³-hybridized carbons (Fsp3) is 0.385. The number of aliphatic carboxylic acids is 1. The molecule has 2 unspecified atom stereocenters. The van der Waals surface area contributed by atoms with Crippen molar-refractivity contribution >= 4 is 17.6 Å². The molecule has 2 rings (SSSR count). The summed E-state index contributed by atoms with van der Waals surface area (Å²) >= 11 is 0. The maximum Gasteiger partial charge on any atom is 0.307 e. The lowest BCUT2D eigenvalue weighted by molar-refractivity contribution is -0.143. The molecule has 2 atom stereocenters. The molecular weight excluding hydrogens is 218 g/mol. The lowest BCUT2D eigenvalue weighted by atomic mass is 9.87. The number of carboxylic acid groups (broad SMARTS) is 1. The Balaban J connectivity index is 2.52. The molecule has 4 nitrogen and oxygen atoms in total. The minimum atomic E-state index is -0.948. The molecule has 0 aromatic heterocycles. The summed E-state index contributed by atoms with van der Waals surface area (Å²) in [6, 6.07) is 3.77. The molecule has 2 N–H and O–H groups in total. The Morgan fingerprint density at radius 1 is 1.41 bits per heavy atom. The Bertz CT molecular complexity index is 508. The highest BCUT2D eigenvalue weighted by Gasteiger charge is 2.38. The van der Waals surface area contributed by atoms with Crippen molar-refractivity contribution in [1.29, 1.82) is 0 Å². The maximum absolute atomic E-state index is 11.9. The number of amides is 1. The number of fused-ring (bicyclic) bond motifs is 1. The Kier molecular flexibility index (Phi) is 2.65. The third kappa shape index (κ3) is 1.69. The van der Waals surface area contributed by atoms with Crippen molar-refractivity contribution in [1.82, 2.24) is 0 Å². The number of carbonyl (C=O) groups is 2. The lowest BCUT2D eigenvalue weighted by Gasteiger charge is -2.13. The van der Waals surface area contributed by atoms with Gasteiger partial charge in [0, 0.05) is 5.69 Å². The van der Waals surface area contributed by atoms with E-state index in [-0.39, 0.29) is 5.91 Å². The minimum absolute atomic E-state index is 0.219. The van der Waals surface area contributed by atoms with E-state index < -0.39 is 17.8 Å². The third-order valence-electron chi connectivity index (χ3n) is 3.52. The van der Waals surface area contributed by atoms with Gasteiger partial charge in [-0.1, -0.05) is 19.1 Å². The standard InChI is InChI=1S/C13H15NO3/c1-6-4-5-9-10(8(3)13(16)17)12(15)14-11(9)7(6)2/h4-5,8,10H,1-3H3,(H,14,15)(H,16,17). The average Bonchev–Trinajstić information content (AvgIpc) is 2.60. The normalized spacial score (nSPS) is 19.7. The van der Waals surface area contributed by atoms with Crippen LogP contribution in [0.2, 0.25) is 0 Å². The maximum atomic E-state index is 11.9. The summed E-state index contributed by atoms with van der Waals surface area (Å²) in [6.45, 7) is 5.47. The summed E-state index contributed by atoms with van der Waals surface area (Å²) in [6.07, 6.45) is 0. The molecule has 1 aliphatic rings. The van der Waals surface area contributed by atoms with Gasteiger partial charge in [0.2, 0.25) is 5.91 Å². The van der Waals surface area contributed by atoms with Gasteiger partial charge in [-0.2, -0.15) is 0 Å². The lowest BCUT2D eigenvalue weighted by Crippen LogP contribution is -2.24. The van der Waals surface area contributed by atoms with Crippen LogP contribution >= 0.6 is 0 Å². The summed E-state index contributed by atoms with van der Waals surface area (Å²) in [5.41, 5.74) is 3.68. The van der Waals surface area contributed by atoms with E-state index >= 15 is 0 Å². The molecule has 0 spiro atoms. The molecule has 1 heterocycles. The van der Waals surface area contributed by atoms with Crippen molar-refractivity contribution in [3.05, 3.63) is 28.8 Å². The van der Waals surface area contributed by atoms with Gasteiger partial charge in [0.05, 0.1) is 11.8 Å². The topological polar surface area (TPSA) is 66.4 Å². The molecule has 4 heteroatoms. The van der Waals surface area contributed by atoms with Gasteiger partial charge in [0.1, 0.15) is 0 Å². The average molecular weight is 233 g/mol. The summed E-state index contributed by atoms with van der Waals surface area (Å²) in [5.74, 6) is -2.46. The van der Waals surface area contributed by atoms with Crippen LogP contribution in [0, 0.1) is 19.8 Å². The molecule has 0 saturated heterocycles. The van der Waals surface area contributed by atoms with Gasteiger partial charge in [-0.15, -0.1) is 0 Å². The molecule has 0 aliphatic carbocycles. The van der Waals surface area contributed by atoms with Crippen LogP contribution in [0.5, 0.6) is 0 Å². The summed E-state index contributed by atoms with van der Waals surface area (Å²) < 4.78 is 0. The molecule has 0 fully saturated rings. The second-order valence-electron chi connectivity index (χ2n) is 4.57. The third-order valence-corrected chi connectivity index (χ3v) is 3.52. The van der Waals surface area contributed by atoms with Gasteiger partial charge >= 0.3 is 5.97 Å². The van der Waals surface area contributed by atoms with Crippen LogP contribution in [0.1, 0.15) is 29.5 Å². The Labute approximate surface area is 99.6 Å². The Morgan fingerprint density at radius 3 is 2.65 bits per heavy atom. The van der Waals surface area contributed by atoms with Gasteiger partial charge in [-0.05, 0) is 30.5 Å². The molecule has 0 saturated carbocycles. The molecule has 90 valence electrons. The van der Waals surface area contributed by atoms with Gasteiger partial charge in [0.15, 0.2) is 0 Å². The number of anilines is 1. The minimum Gasteiger partial charge on any atom is -0.481 e. The molecule has 1 amide bonds. The first-order valence-corrected chi connectivity index (χ1v) is 5.57. The van der Waals surface area contributed by atoms with E-state index in [2.05, 4.69) is 5.32 Å². The van der Waals surface area contributed by atoms with Crippen LogP contribution in [0.15, 0.2) is 12.1 Å². The van der Waals surface area contributed by atoms with E-state index in [1.165, 1.54) is 0 Å². The van der Waals surface area contributed by atoms with Crippen LogP contribution in [0.25, 0.3) is 0 Å². The largest absolute Gasteiger partial charge is 0.481 e. The predicted octanol–water partition coefficient (Wildman–Crippen LogP) is 2.06. The summed E-state index contributed by atoms with van der Waals surface area (Å²) in [4.78, 5) is 22.9. The number of benzene rings is 1. The molecule has 0 radical (unpaired) electrons. The van der Waals surface area contributed by atoms with Crippen molar-refractivity contribution in [3.63, 3.8) is 0 Å². The zero-order chi connectivity index (χ0) is 12.7. The molecule has 17 heavy (non-hydrogen) atoms. The van der Waals surface area contributed by atoms with Crippen LogP contribution in [-0.4, -0.2) is 17.0 Å². The highest BCUT2D eigenvalue weighted by atomic mass is 16.4. The SMILES string of the molecule is Cc1ccc2c(c1C)NC(=O)C2C(C)C(=O)O. The van der Waals surface area contributed by atoms with Crippen molar-refractivity contribution in [2.45, 2.75) is 26.7 Å². The number of rotatable bonds is 2. The number of aryl methyl sites for hydroxylation is 1. The Morgan fingerprint density at radius 2 is 2.06 bits per heavy atom. The van der Waals surface area contributed by atoms with Crippen molar-refractivity contribution in [2.24, 2.45) is 5.92 Å². The zero-order valence-electron chi connectivity index (χ0n) is 10.1. The number of carboxylic acids is 1. The van der Waals surface area contributed by atoms with Gasteiger partial charge in [0.25, 0.3) is 0 Å². The first-order valence-electron chi connectivity index (χ1n) is 5.57. The summed E-state index contributed by atoms with van der Waals surface area (Å²) in [5, 5.41) is 11.8. The van der Waals surface area contributed by atoms with E-state index in [0.717, 1.165) is 22.4 Å². The number of nitrogens with one attached hydrogen (secondary N) is 1. The Hall–Kier alpha value is -1.84. The second-order valence-corrected chi connectivity index (χ2v) is 4.57. The monoisotopic (exact) mass is 233 g/mol. The predicted molar refractivity (Wildman–Crippen MR) is 64.1 cm³/mol. The van der Waals surface area contributed by atoms with E-state index in [9.17, 15) is 9.59 Å². The van der Waals surface area contributed by atoms with Gasteiger partial charge < -0.3 is 10.4 Å². The van der Waals surface area contributed by atoms with E-state index in [1.54, 1.807) is 6.92 Å². The molecule has 1 aromatic rings. The highest BCUT2D eigenvalue weighted by Crippen LogP contribution is 2.40. The van der Waals surface area contributed by atoms with Crippen LogP contribution in [0.3, 0.4) is 0 Å². The number of hydrogen-bond donors (Lipinski definition) is 2. The van der Waals surface area contributed by atoms with E-state index in [1.807, 2.05) is 26.0 Å². The van der Waals surface area contributed by atoms with Crippen molar-refractivity contribution < 1.29 is 14.7 Å². The van der Waals surface area contributed by atoms with Crippen LogP contribution < -0.4 is 5.32 Å². The molecule has 1 aliphatic heterocycles. The second kappa shape index (κ2) is 3.87. The fourth-order valence-electron chi connectivity index (χ4n) is 2.24. The number of hydrogen-bond acceptors (Lipinski definition) is 2. The highest BCUT2D eigenvalue weighted by molar-refractivity contribution is 6.05. The zero-order valence-corrected chi connectivity index (χ0v) is 10.1. The van der Waals surface area contributed by atoms with E-state index in [4.69, 9.17) is 5.11 Å².